The van der Waals surface area contributed by atoms with E-state index in [1.165, 1.54) is 5.56 Å². The minimum atomic E-state index is -0.334. The Labute approximate surface area is 136 Å². The second kappa shape index (κ2) is 7.85. The quantitative estimate of drug-likeness (QED) is 0.627. The van der Waals surface area contributed by atoms with Crippen LogP contribution in [0.15, 0.2) is 54.6 Å². The summed E-state index contributed by atoms with van der Waals surface area (Å²) in [6, 6.07) is 17.0. The maximum Gasteiger partial charge on any atom is 0.274 e. The Morgan fingerprint density at radius 1 is 1.09 bits per heavy atom. The van der Waals surface area contributed by atoms with Gasteiger partial charge in [0.05, 0.1) is 11.0 Å². The van der Waals surface area contributed by atoms with Crippen molar-refractivity contribution < 1.29 is 4.92 Å². The van der Waals surface area contributed by atoms with Crippen LogP contribution in [-0.2, 0) is 6.54 Å². The molecule has 0 aliphatic rings. The van der Waals surface area contributed by atoms with E-state index in [4.69, 9.17) is 5.73 Å². The number of nitro benzene ring substituents is 1. The summed E-state index contributed by atoms with van der Waals surface area (Å²) >= 11 is 0. The molecule has 2 N–H and O–H groups in total. The van der Waals surface area contributed by atoms with Gasteiger partial charge >= 0.3 is 0 Å². The number of rotatable bonds is 7. The van der Waals surface area contributed by atoms with Gasteiger partial charge in [-0.05, 0) is 19.4 Å². The van der Waals surface area contributed by atoms with Crippen molar-refractivity contribution in [1.82, 2.24) is 4.90 Å². The van der Waals surface area contributed by atoms with Gasteiger partial charge in [-0.2, -0.15) is 0 Å². The summed E-state index contributed by atoms with van der Waals surface area (Å²) in [5, 5.41) is 11.3. The Morgan fingerprint density at radius 2 is 1.70 bits per heavy atom. The van der Waals surface area contributed by atoms with Gasteiger partial charge in [-0.25, -0.2) is 0 Å². The van der Waals surface area contributed by atoms with Crippen molar-refractivity contribution in [3.63, 3.8) is 0 Å². The zero-order valence-corrected chi connectivity index (χ0v) is 13.6. The second-order valence-corrected chi connectivity index (χ2v) is 5.82. The Kier molecular flexibility index (Phi) is 5.84. The molecule has 0 aliphatic heterocycles. The Balaban J connectivity index is 2.38. The van der Waals surface area contributed by atoms with Crippen LogP contribution in [0.25, 0.3) is 0 Å². The highest BCUT2D eigenvalue weighted by atomic mass is 16.6. The third-order valence-electron chi connectivity index (χ3n) is 3.99. The topological polar surface area (TPSA) is 72.4 Å². The van der Waals surface area contributed by atoms with Gasteiger partial charge in [0.1, 0.15) is 0 Å². The lowest BCUT2D eigenvalue weighted by Crippen LogP contribution is -2.38. The van der Waals surface area contributed by atoms with Crippen molar-refractivity contribution in [2.24, 2.45) is 5.73 Å². The van der Waals surface area contributed by atoms with Crippen molar-refractivity contribution in [3.05, 3.63) is 75.8 Å². The number of para-hydroxylation sites is 1. The van der Waals surface area contributed by atoms with E-state index in [1.807, 2.05) is 24.3 Å². The summed E-state index contributed by atoms with van der Waals surface area (Å²) in [7, 11) is 0. The van der Waals surface area contributed by atoms with Crippen LogP contribution < -0.4 is 5.73 Å². The lowest BCUT2D eigenvalue weighted by atomic mass is 10.0. The van der Waals surface area contributed by atoms with Gasteiger partial charge in [0, 0.05) is 30.8 Å². The number of nitro groups is 1. The monoisotopic (exact) mass is 313 g/mol. The molecule has 5 heteroatoms. The third kappa shape index (κ3) is 4.15. The van der Waals surface area contributed by atoms with Crippen LogP contribution in [0.5, 0.6) is 0 Å². The van der Waals surface area contributed by atoms with Crippen molar-refractivity contribution >= 4 is 5.69 Å². The number of benzene rings is 2. The van der Waals surface area contributed by atoms with E-state index >= 15 is 0 Å². The van der Waals surface area contributed by atoms with E-state index in [1.54, 1.807) is 18.2 Å². The van der Waals surface area contributed by atoms with Crippen LogP contribution in [0.1, 0.15) is 31.0 Å². The zero-order chi connectivity index (χ0) is 16.8. The highest BCUT2D eigenvalue weighted by Gasteiger charge is 2.27. The Bertz CT molecular complexity index is 644. The fourth-order valence-corrected chi connectivity index (χ4v) is 2.82. The molecule has 0 aliphatic carbocycles. The average molecular weight is 313 g/mol. The van der Waals surface area contributed by atoms with Gasteiger partial charge in [-0.3, -0.25) is 15.0 Å². The Morgan fingerprint density at radius 3 is 2.26 bits per heavy atom. The van der Waals surface area contributed by atoms with E-state index in [2.05, 4.69) is 30.9 Å². The third-order valence-corrected chi connectivity index (χ3v) is 3.99. The molecule has 2 aromatic carbocycles. The van der Waals surface area contributed by atoms with Crippen LogP contribution >= 0.6 is 0 Å². The number of hydrogen-bond acceptors (Lipinski definition) is 4. The zero-order valence-electron chi connectivity index (χ0n) is 13.6. The van der Waals surface area contributed by atoms with Crippen LogP contribution in [0.2, 0.25) is 0 Å². The summed E-state index contributed by atoms with van der Waals surface area (Å²) in [6.07, 6.45) is 0. The van der Waals surface area contributed by atoms with Crippen LogP contribution in [0, 0.1) is 10.1 Å². The Hall–Kier alpha value is -2.24. The first-order chi connectivity index (χ1) is 11.0. The molecule has 0 saturated carbocycles. The summed E-state index contributed by atoms with van der Waals surface area (Å²) in [6.45, 7) is 5.20. The summed E-state index contributed by atoms with van der Waals surface area (Å²) < 4.78 is 0. The number of nitrogens with zero attached hydrogens (tertiary/aromatic N) is 2. The fraction of sp³-hybridized carbons (Fsp3) is 0.333. The molecule has 0 spiro atoms. The molecule has 0 heterocycles. The van der Waals surface area contributed by atoms with Gasteiger partial charge in [0.2, 0.25) is 0 Å². The minimum Gasteiger partial charge on any atom is -0.329 e. The maximum atomic E-state index is 11.3. The molecular weight excluding hydrogens is 290 g/mol. The predicted octanol–water partition coefficient (Wildman–Crippen LogP) is 3.51. The van der Waals surface area contributed by atoms with Crippen molar-refractivity contribution in [2.45, 2.75) is 32.5 Å². The van der Waals surface area contributed by atoms with Crippen molar-refractivity contribution in [1.29, 1.82) is 0 Å². The van der Waals surface area contributed by atoms with Crippen molar-refractivity contribution in [3.8, 4) is 0 Å². The molecule has 0 amide bonds. The molecular formula is C18H23N3O2. The summed E-state index contributed by atoms with van der Waals surface area (Å²) in [4.78, 5) is 13.2. The molecule has 0 bridgehead atoms. The van der Waals surface area contributed by atoms with Crippen molar-refractivity contribution in [2.75, 3.05) is 6.54 Å². The molecule has 23 heavy (non-hydrogen) atoms. The van der Waals surface area contributed by atoms with Gasteiger partial charge in [0.15, 0.2) is 0 Å². The van der Waals surface area contributed by atoms with E-state index in [0.29, 0.717) is 18.7 Å². The number of hydrogen-bond donors (Lipinski definition) is 1. The fourth-order valence-electron chi connectivity index (χ4n) is 2.82. The first-order valence-electron chi connectivity index (χ1n) is 7.77. The second-order valence-electron chi connectivity index (χ2n) is 5.82. The number of nitrogens with two attached hydrogens (primary N) is 1. The van der Waals surface area contributed by atoms with E-state index < -0.39 is 0 Å². The van der Waals surface area contributed by atoms with Gasteiger partial charge in [-0.15, -0.1) is 0 Å². The lowest BCUT2D eigenvalue weighted by Gasteiger charge is -2.34. The molecule has 122 valence electrons. The highest BCUT2D eigenvalue weighted by Crippen LogP contribution is 2.31. The normalized spacial score (nSPS) is 12.6. The molecule has 1 atom stereocenters. The SMILES string of the molecule is CC(C)N(Cc1ccccc1)C(CN)c1ccccc1[N+](=O)[O-]. The predicted molar refractivity (Wildman–Crippen MR) is 92.0 cm³/mol. The molecule has 2 rings (SSSR count). The van der Waals surface area contributed by atoms with Crippen LogP contribution in [0.4, 0.5) is 5.69 Å². The highest BCUT2D eigenvalue weighted by molar-refractivity contribution is 5.42. The molecule has 1 unspecified atom stereocenters. The minimum absolute atomic E-state index is 0.127. The summed E-state index contributed by atoms with van der Waals surface area (Å²) in [5.41, 5.74) is 7.96. The maximum absolute atomic E-state index is 11.3. The summed E-state index contributed by atoms with van der Waals surface area (Å²) in [5.74, 6) is 0. The largest absolute Gasteiger partial charge is 0.329 e. The molecule has 0 fully saturated rings. The lowest BCUT2D eigenvalue weighted by molar-refractivity contribution is -0.386. The first kappa shape index (κ1) is 17.1. The van der Waals surface area contributed by atoms with Gasteiger partial charge in [0.25, 0.3) is 5.69 Å². The molecule has 5 nitrogen and oxygen atoms in total. The first-order valence-corrected chi connectivity index (χ1v) is 7.77. The van der Waals surface area contributed by atoms with E-state index in [9.17, 15) is 10.1 Å². The van der Waals surface area contributed by atoms with Crippen LogP contribution in [0.3, 0.4) is 0 Å². The smallest absolute Gasteiger partial charge is 0.274 e. The standard InChI is InChI=1S/C18H23N3O2/c1-14(2)20(13-15-8-4-3-5-9-15)18(12-19)16-10-6-7-11-17(16)21(22)23/h3-11,14,18H,12-13,19H2,1-2H3. The average Bonchev–Trinajstić information content (AvgIpc) is 2.55. The molecule has 0 aromatic heterocycles. The van der Waals surface area contributed by atoms with Gasteiger partial charge in [-0.1, -0.05) is 48.5 Å². The van der Waals surface area contributed by atoms with E-state index in [0.717, 1.165) is 0 Å². The molecule has 0 saturated heterocycles. The van der Waals surface area contributed by atoms with Gasteiger partial charge < -0.3 is 5.73 Å². The van der Waals surface area contributed by atoms with E-state index in [-0.39, 0.29) is 22.7 Å². The molecule has 2 aromatic rings. The van der Waals surface area contributed by atoms with Crippen LogP contribution in [-0.4, -0.2) is 22.4 Å². The molecule has 0 radical (unpaired) electrons.